The van der Waals surface area contributed by atoms with Crippen LogP contribution in [0.5, 0.6) is 11.5 Å². The van der Waals surface area contributed by atoms with E-state index in [0.29, 0.717) is 17.9 Å². The summed E-state index contributed by atoms with van der Waals surface area (Å²) < 4.78 is 11.6. The zero-order chi connectivity index (χ0) is 18.4. The molecular weight excluding hydrogens is 328 g/mol. The lowest BCUT2D eigenvalue weighted by Crippen LogP contribution is -2.46. The second-order valence-electron chi connectivity index (χ2n) is 6.73. The average molecular weight is 354 g/mol. The Labute approximate surface area is 154 Å². The first-order valence-electron chi connectivity index (χ1n) is 9.10. The molecule has 1 fully saturated rings. The molecule has 3 rings (SSSR count). The van der Waals surface area contributed by atoms with Crippen molar-refractivity contribution in [1.29, 1.82) is 0 Å². The first-order valence-corrected chi connectivity index (χ1v) is 9.10. The van der Waals surface area contributed by atoms with Crippen molar-refractivity contribution < 1.29 is 14.3 Å². The number of rotatable bonds is 6. The summed E-state index contributed by atoms with van der Waals surface area (Å²) in [6.45, 7) is 6.60. The Morgan fingerprint density at radius 2 is 1.73 bits per heavy atom. The van der Waals surface area contributed by atoms with Gasteiger partial charge in [-0.05, 0) is 38.1 Å². The largest absolute Gasteiger partial charge is 0.455 e. The smallest absolute Gasteiger partial charge is 0.225 e. The SMILES string of the molecule is CC1CN(CCC(=O)Nc2ccccc2Oc2ccccc2)CC(C)O1. The van der Waals surface area contributed by atoms with Crippen LogP contribution in [-0.2, 0) is 9.53 Å². The highest BCUT2D eigenvalue weighted by Crippen LogP contribution is 2.29. The zero-order valence-corrected chi connectivity index (χ0v) is 15.4. The second kappa shape index (κ2) is 8.83. The maximum Gasteiger partial charge on any atom is 0.225 e. The topological polar surface area (TPSA) is 50.8 Å². The van der Waals surface area contributed by atoms with Crippen molar-refractivity contribution in [2.75, 3.05) is 25.0 Å². The maximum atomic E-state index is 12.4. The summed E-state index contributed by atoms with van der Waals surface area (Å²) in [7, 11) is 0. The summed E-state index contributed by atoms with van der Waals surface area (Å²) in [5.41, 5.74) is 0.685. The predicted octanol–water partition coefficient (Wildman–Crippen LogP) is 3.92. The number of amides is 1. The lowest BCUT2D eigenvalue weighted by molar-refractivity contribution is -0.117. The van der Waals surface area contributed by atoms with Crippen LogP contribution in [0.1, 0.15) is 20.3 Å². The number of ether oxygens (including phenoxy) is 2. The molecule has 0 bridgehead atoms. The lowest BCUT2D eigenvalue weighted by atomic mass is 10.2. The van der Waals surface area contributed by atoms with Crippen molar-refractivity contribution in [1.82, 2.24) is 4.90 Å². The molecule has 2 aromatic carbocycles. The van der Waals surface area contributed by atoms with Gasteiger partial charge < -0.3 is 14.8 Å². The van der Waals surface area contributed by atoms with Gasteiger partial charge in [-0.1, -0.05) is 30.3 Å². The molecule has 1 aliphatic heterocycles. The number of anilines is 1. The van der Waals surface area contributed by atoms with Crippen LogP contribution in [0.25, 0.3) is 0 Å². The highest BCUT2D eigenvalue weighted by atomic mass is 16.5. The molecule has 2 unspecified atom stereocenters. The monoisotopic (exact) mass is 354 g/mol. The predicted molar refractivity (Wildman–Crippen MR) is 103 cm³/mol. The molecule has 1 aliphatic rings. The van der Waals surface area contributed by atoms with Gasteiger partial charge in [0.05, 0.1) is 17.9 Å². The number of para-hydroxylation sites is 3. The summed E-state index contributed by atoms with van der Waals surface area (Å²) in [5, 5.41) is 2.97. The molecule has 0 aliphatic carbocycles. The van der Waals surface area contributed by atoms with Gasteiger partial charge in [0.2, 0.25) is 5.91 Å². The number of nitrogens with one attached hydrogen (secondary N) is 1. The molecule has 1 N–H and O–H groups in total. The minimum atomic E-state index is -0.0130. The average Bonchev–Trinajstić information content (AvgIpc) is 2.62. The van der Waals surface area contributed by atoms with Gasteiger partial charge in [-0.25, -0.2) is 0 Å². The molecule has 2 atom stereocenters. The fourth-order valence-corrected chi connectivity index (χ4v) is 3.21. The third-order valence-electron chi connectivity index (χ3n) is 4.28. The quantitative estimate of drug-likeness (QED) is 0.854. The summed E-state index contributed by atoms with van der Waals surface area (Å²) in [6.07, 6.45) is 0.864. The van der Waals surface area contributed by atoms with E-state index in [1.807, 2.05) is 54.6 Å². The van der Waals surface area contributed by atoms with Crippen LogP contribution in [-0.4, -0.2) is 42.6 Å². The number of hydrogen-bond donors (Lipinski definition) is 1. The standard InChI is InChI=1S/C21H26N2O3/c1-16-14-23(15-17(2)25-16)13-12-21(24)22-19-10-6-7-11-20(19)26-18-8-4-3-5-9-18/h3-11,16-17H,12-15H2,1-2H3,(H,22,24). The van der Waals surface area contributed by atoms with Crippen LogP contribution < -0.4 is 10.1 Å². The van der Waals surface area contributed by atoms with Gasteiger partial charge in [0.25, 0.3) is 0 Å². The van der Waals surface area contributed by atoms with E-state index in [1.165, 1.54) is 0 Å². The number of nitrogens with zero attached hydrogens (tertiary/aromatic N) is 1. The van der Waals surface area contributed by atoms with Gasteiger partial charge in [0.15, 0.2) is 5.75 Å². The van der Waals surface area contributed by atoms with Crippen LogP contribution >= 0.6 is 0 Å². The number of morpholine rings is 1. The van der Waals surface area contributed by atoms with Crippen molar-refractivity contribution in [2.45, 2.75) is 32.5 Å². The van der Waals surface area contributed by atoms with E-state index in [-0.39, 0.29) is 18.1 Å². The third kappa shape index (κ3) is 5.31. The van der Waals surface area contributed by atoms with E-state index in [1.54, 1.807) is 0 Å². The van der Waals surface area contributed by atoms with Gasteiger partial charge in [-0.15, -0.1) is 0 Å². The van der Waals surface area contributed by atoms with E-state index >= 15 is 0 Å². The van der Waals surface area contributed by atoms with Gasteiger partial charge >= 0.3 is 0 Å². The molecule has 1 heterocycles. The van der Waals surface area contributed by atoms with E-state index in [2.05, 4.69) is 24.1 Å². The molecule has 2 aromatic rings. The van der Waals surface area contributed by atoms with Crippen molar-refractivity contribution in [2.24, 2.45) is 0 Å². The first kappa shape index (κ1) is 18.4. The van der Waals surface area contributed by atoms with Crippen LogP contribution in [0.15, 0.2) is 54.6 Å². The van der Waals surface area contributed by atoms with Crippen molar-refractivity contribution >= 4 is 11.6 Å². The molecule has 0 radical (unpaired) electrons. The highest BCUT2D eigenvalue weighted by Gasteiger charge is 2.22. The summed E-state index contributed by atoms with van der Waals surface area (Å²) in [5.74, 6) is 1.37. The Morgan fingerprint density at radius 3 is 2.46 bits per heavy atom. The van der Waals surface area contributed by atoms with E-state index < -0.39 is 0 Å². The lowest BCUT2D eigenvalue weighted by Gasteiger charge is -2.35. The minimum absolute atomic E-state index is 0.0130. The second-order valence-corrected chi connectivity index (χ2v) is 6.73. The summed E-state index contributed by atoms with van der Waals surface area (Å²) >= 11 is 0. The molecule has 5 nitrogen and oxygen atoms in total. The fourth-order valence-electron chi connectivity index (χ4n) is 3.21. The fraction of sp³-hybridized carbons (Fsp3) is 0.381. The third-order valence-corrected chi connectivity index (χ3v) is 4.28. The first-order chi connectivity index (χ1) is 12.6. The molecule has 1 amide bonds. The Kier molecular flexibility index (Phi) is 6.26. The molecule has 138 valence electrons. The molecule has 0 aromatic heterocycles. The number of carbonyl (C=O) groups excluding carboxylic acids is 1. The molecule has 5 heteroatoms. The highest BCUT2D eigenvalue weighted by molar-refractivity contribution is 5.92. The Balaban J connectivity index is 1.56. The normalized spacial score (nSPS) is 20.5. The van der Waals surface area contributed by atoms with Crippen LogP contribution in [0, 0.1) is 0 Å². The van der Waals surface area contributed by atoms with Crippen LogP contribution in [0.4, 0.5) is 5.69 Å². The van der Waals surface area contributed by atoms with E-state index in [0.717, 1.165) is 25.4 Å². The molecule has 0 spiro atoms. The minimum Gasteiger partial charge on any atom is -0.455 e. The maximum absolute atomic E-state index is 12.4. The van der Waals surface area contributed by atoms with E-state index in [9.17, 15) is 4.79 Å². The van der Waals surface area contributed by atoms with Crippen molar-refractivity contribution in [3.63, 3.8) is 0 Å². The summed E-state index contributed by atoms with van der Waals surface area (Å²) in [4.78, 5) is 14.7. The number of benzene rings is 2. The molecule has 26 heavy (non-hydrogen) atoms. The van der Waals surface area contributed by atoms with Gasteiger partial charge in [0.1, 0.15) is 5.75 Å². The van der Waals surface area contributed by atoms with Crippen LogP contribution in [0.3, 0.4) is 0 Å². The molecule has 1 saturated heterocycles. The zero-order valence-electron chi connectivity index (χ0n) is 15.4. The van der Waals surface area contributed by atoms with E-state index in [4.69, 9.17) is 9.47 Å². The molecule has 0 saturated carbocycles. The van der Waals surface area contributed by atoms with Crippen LogP contribution in [0.2, 0.25) is 0 Å². The molecular formula is C21H26N2O3. The summed E-state index contributed by atoms with van der Waals surface area (Å²) in [6, 6.07) is 17.0. The van der Waals surface area contributed by atoms with Crippen molar-refractivity contribution in [3.05, 3.63) is 54.6 Å². The van der Waals surface area contributed by atoms with Gasteiger partial charge in [0, 0.05) is 26.1 Å². The van der Waals surface area contributed by atoms with Gasteiger partial charge in [-0.3, -0.25) is 9.69 Å². The van der Waals surface area contributed by atoms with Crippen molar-refractivity contribution in [3.8, 4) is 11.5 Å². The Bertz CT molecular complexity index is 710. The van der Waals surface area contributed by atoms with Gasteiger partial charge in [-0.2, -0.15) is 0 Å². The number of carbonyl (C=O) groups is 1. The Hall–Kier alpha value is -2.37. The Morgan fingerprint density at radius 1 is 1.08 bits per heavy atom. The number of hydrogen-bond acceptors (Lipinski definition) is 4.